The number of likely N-dealkylation sites (N-methyl/N-ethyl adjacent to an activating group) is 2. The molecule has 1 aliphatic heterocycles. The predicted molar refractivity (Wildman–Crippen MR) is 89.0 cm³/mol. The molecule has 2 rings (SSSR count). The molecule has 1 atom stereocenters. The van der Waals surface area contributed by atoms with Gasteiger partial charge in [0.25, 0.3) is 0 Å². The minimum Gasteiger partial charge on any atom is -0.491 e. The fourth-order valence-corrected chi connectivity index (χ4v) is 2.62. The molecular formula is C16H28N4O. The van der Waals surface area contributed by atoms with Crippen LogP contribution in [0.1, 0.15) is 13.8 Å². The second kappa shape index (κ2) is 7.00. The third-order valence-electron chi connectivity index (χ3n) is 3.82. The summed E-state index contributed by atoms with van der Waals surface area (Å²) in [6.45, 7) is 8.28. The molecule has 0 radical (unpaired) electrons. The van der Waals surface area contributed by atoms with Gasteiger partial charge in [0.15, 0.2) is 0 Å². The van der Waals surface area contributed by atoms with Crippen LogP contribution in [0.25, 0.3) is 0 Å². The van der Waals surface area contributed by atoms with Gasteiger partial charge in [0.2, 0.25) is 0 Å². The van der Waals surface area contributed by atoms with Crippen molar-refractivity contribution >= 4 is 11.4 Å². The maximum Gasteiger partial charge on any atom is 0.123 e. The van der Waals surface area contributed by atoms with Crippen LogP contribution in [0, 0.1) is 0 Å². The molecular weight excluding hydrogens is 264 g/mol. The first-order valence-electron chi connectivity index (χ1n) is 7.64. The van der Waals surface area contributed by atoms with Gasteiger partial charge in [-0.15, -0.1) is 0 Å². The van der Waals surface area contributed by atoms with Crippen molar-refractivity contribution in [2.24, 2.45) is 0 Å². The first kappa shape index (κ1) is 15.9. The molecule has 21 heavy (non-hydrogen) atoms. The first-order chi connectivity index (χ1) is 9.94. The van der Waals surface area contributed by atoms with E-state index < -0.39 is 0 Å². The number of nitrogens with one attached hydrogen (secondary N) is 1. The average Bonchev–Trinajstić information content (AvgIpc) is 2.38. The van der Waals surface area contributed by atoms with E-state index in [-0.39, 0.29) is 6.10 Å². The zero-order chi connectivity index (χ0) is 15.4. The Labute approximate surface area is 128 Å². The Kier molecular flexibility index (Phi) is 5.31. The first-order valence-corrected chi connectivity index (χ1v) is 7.64. The van der Waals surface area contributed by atoms with E-state index in [9.17, 15) is 0 Å². The van der Waals surface area contributed by atoms with E-state index in [4.69, 9.17) is 10.5 Å². The fourth-order valence-electron chi connectivity index (χ4n) is 2.62. The molecule has 1 aliphatic rings. The second-order valence-electron chi connectivity index (χ2n) is 6.23. The number of anilines is 2. The van der Waals surface area contributed by atoms with Crippen LogP contribution in [0.5, 0.6) is 5.75 Å². The summed E-state index contributed by atoms with van der Waals surface area (Å²) >= 11 is 0. The lowest BCUT2D eigenvalue weighted by molar-refractivity contribution is 0.122. The molecule has 1 unspecified atom stereocenters. The van der Waals surface area contributed by atoms with E-state index >= 15 is 0 Å². The van der Waals surface area contributed by atoms with Crippen LogP contribution in [-0.4, -0.2) is 62.2 Å². The average molecular weight is 292 g/mol. The van der Waals surface area contributed by atoms with Gasteiger partial charge in [-0.05, 0) is 34.0 Å². The van der Waals surface area contributed by atoms with Crippen LogP contribution < -0.4 is 15.8 Å². The minimum absolute atomic E-state index is 0.151. The van der Waals surface area contributed by atoms with Gasteiger partial charge in [-0.1, -0.05) is 0 Å². The number of nitrogens with zero attached hydrogens (tertiary/aromatic N) is 2. The van der Waals surface area contributed by atoms with Crippen LogP contribution in [0.15, 0.2) is 18.2 Å². The summed E-state index contributed by atoms with van der Waals surface area (Å²) < 4.78 is 5.73. The molecule has 1 aromatic carbocycles. The second-order valence-corrected chi connectivity index (χ2v) is 6.23. The molecule has 118 valence electrons. The summed E-state index contributed by atoms with van der Waals surface area (Å²) in [6.07, 6.45) is 0.151. The molecule has 0 aliphatic carbocycles. The zero-order valence-electron chi connectivity index (χ0n) is 13.6. The van der Waals surface area contributed by atoms with Crippen LogP contribution in [0.4, 0.5) is 11.4 Å². The van der Waals surface area contributed by atoms with Crippen molar-refractivity contribution in [1.82, 2.24) is 9.80 Å². The van der Waals surface area contributed by atoms with Gasteiger partial charge in [-0.25, -0.2) is 0 Å². The van der Waals surface area contributed by atoms with Gasteiger partial charge < -0.3 is 20.7 Å². The lowest BCUT2D eigenvalue weighted by Crippen LogP contribution is -2.52. The Morgan fingerprint density at radius 2 is 2.05 bits per heavy atom. The molecule has 1 heterocycles. The molecule has 0 aromatic heterocycles. The number of hydrogen-bond acceptors (Lipinski definition) is 5. The van der Waals surface area contributed by atoms with Crippen molar-refractivity contribution in [2.75, 3.05) is 51.3 Å². The fraction of sp³-hybridized carbons (Fsp3) is 0.625. The lowest BCUT2D eigenvalue weighted by Gasteiger charge is -2.37. The number of nitrogens with two attached hydrogens (primary N) is 1. The van der Waals surface area contributed by atoms with Crippen molar-refractivity contribution < 1.29 is 4.74 Å². The number of hydrogen-bond donors (Lipinski definition) is 2. The normalized spacial score (nSPS) is 20.7. The highest BCUT2D eigenvalue weighted by Crippen LogP contribution is 2.23. The third kappa shape index (κ3) is 4.79. The summed E-state index contributed by atoms with van der Waals surface area (Å²) in [4.78, 5) is 4.78. The lowest BCUT2D eigenvalue weighted by atomic mass is 10.1. The van der Waals surface area contributed by atoms with E-state index in [1.54, 1.807) is 0 Å². The molecule has 1 fully saturated rings. The summed E-state index contributed by atoms with van der Waals surface area (Å²) in [5.74, 6) is 0.821. The van der Waals surface area contributed by atoms with Gasteiger partial charge in [-0.3, -0.25) is 4.90 Å². The molecule has 1 aromatic rings. The molecule has 5 heteroatoms. The molecule has 5 nitrogen and oxygen atoms in total. The van der Waals surface area contributed by atoms with Crippen LogP contribution >= 0.6 is 0 Å². The quantitative estimate of drug-likeness (QED) is 0.809. The van der Waals surface area contributed by atoms with Gasteiger partial charge >= 0.3 is 0 Å². The van der Waals surface area contributed by atoms with Gasteiger partial charge in [0, 0.05) is 55.7 Å². The highest BCUT2D eigenvalue weighted by Gasteiger charge is 2.21. The van der Waals surface area contributed by atoms with Gasteiger partial charge in [-0.2, -0.15) is 0 Å². The standard InChI is InChI=1S/C16H28N4O/c1-12(2)21-16-8-13(17)7-14(9-16)18-10-15-11-19(3)5-6-20(15)4/h7-9,12,15,18H,5-6,10-11,17H2,1-4H3. The Hall–Kier alpha value is -1.46. The maximum atomic E-state index is 5.95. The molecule has 0 amide bonds. The highest BCUT2D eigenvalue weighted by atomic mass is 16.5. The smallest absolute Gasteiger partial charge is 0.123 e. The Bertz CT molecular complexity index is 464. The number of ether oxygens (including phenoxy) is 1. The largest absolute Gasteiger partial charge is 0.491 e. The summed E-state index contributed by atoms with van der Waals surface area (Å²) in [7, 11) is 4.36. The number of nitrogen functional groups attached to an aromatic ring is 1. The number of benzene rings is 1. The predicted octanol–water partition coefficient (Wildman–Crippen LogP) is 1.71. The van der Waals surface area contributed by atoms with Gasteiger partial charge in [0.05, 0.1) is 6.10 Å². The van der Waals surface area contributed by atoms with Crippen LogP contribution in [0.2, 0.25) is 0 Å². The zero-order valence-corrected chi connectivity index (χ0v) is 13.6. The topological polar surface area (TPSA) is 53.8 Å². The summed E-state index contributed by atoms with van der Waals surface area (Å²) in [5, 5.41) is 3.49. The van der Waals surface area contributed by atoms with E-state index in [0.717, 1.165) is 43.3 Å². The highest BCUT2D eigenvalue weighted by molar-refractivity contribution is 5.59. The van der Waals surface area contributed by atoms with Crippen molar-refractivity contribution in [3.8, 4) is 5.75 Å². The van der Waals surface area contributed by atoms with Crippen molar-refractivity contribution in [2.45, 2.75) is 26.0 Å². The van der Waals surface area contributed by atoms with Crippen LogP contribution in [0.3, 0.4) is 0 Å². The Morgan fingerprint density at radius 3 is 2.76 bits per heavy atom. The van der Waals surface area contributed by atoms with Crippen molar-refractivity contribution in [1.29, 1.82) is 0 Å². The van der Waals surface area contributed by atoms with E-state index in [1.807, 2.05) is 32.0 Å². The molecule has 3 N–H and O–H groups in total. The van der Waals surface area contributed by atoms with Crippen molar-refractivity contribution in [3.63, 3.8) is 0 Å². The third-order valence-corrected chi connectivity index (χ3v) is 3.82. The van der Waals surface area contributed by atoms with E-state index in [2.05, 4.69) is 29.2 Å². The number of rotatable bonds is 5. The van der Waals surface area contributed by atoms with Crippen LogP contribution in [-0.2, 0) is 0 Å². The summed E-state index contributed by atoms with van der Waals surface area (Å²) in [6, 6.07) is 6.36. The summed E-state index contributed by atoms with van der Waals surface area (Å²) in [5.41, 5.74) is 7.70. The SMILES string of the molecule is CC(C)Oc1cc(N)cc(NCC2CN(C)CCN2C)c1. The van der Waals surface area contributed by atoms with E-state index in [0.29, 0.717) is 6.04 Å². The maximum absolute atomic E-state index is 5.95. The minimum atomic E-state index is 0.151. The molecule has 0 saturated carbocycles. The number of piperazine rings is 1. The molecule has 0 spiro atoms. The Balaban J connectivity index is 1.97. The monoisotopic (exact) mass is 292 g/mol. The van der Waals surface area contributed by atoms with Gasteiger partial charge in [0.1, 0.15) is 5.75 Å². The Morgan fingerprint density at radius 1 is 1.29 bits per heavy atom. The van der Waals surface area contributed by atoms with Crippen molar-refractivity contribution in [3.05, 3.63) is 18.2 Å². The van der Waals surface area contributed by atoms with E-state index in [1.165, 1.54) is 0 Å². The molecule has 1 saturated heterocycles. The molecule has 0 bridgehead atoms.